The first-order chi connectivity index (χ1) is 9.83. The number of nitrogens with one attached hydrogen (secondary N) is 3. The van der Waals surface area contributed by atoms with E-state index in [0.717, 1.165) is 42.4 Å². The predicted molar refractivity (Wildman–Crippen MR) is 80.8 cm³/mol. The first-order valence-electron chi connectivity index (χ1n) is 7.07. The third-order valence-corrected chi connectivity index (χ3v) is 3.71. The molecule has 0 aliphatic carbocycles. The van der Waals surface area contributed by atoms with E-state index < -0.39 is 0 Å². The molecule has 1 aliphatic rings. The van der Waals surface area contributed by atoms with Gasteiger partial charge < -0.3 is 15.6 Å². The van der Waals surface area contributed by atoms with Gasteiger partial charge in [0.15, 0.2) is 0 Å². The fraction of sp³-hybridized carbons (Fsp3) is 0.312. The number of aromatic nitrogens is 1. The van der Waals surface area contributed by atoms with Crippen molar-refractivity contribution in [3.05, 3.63) is 47.7 Å². The monoisotopic (exact) mass is 269 g/mol. The number of fused-ring (bicyclic) bond motifs is 1. The molecule has 0 atom stereocenters. The first-order valence-corrected chi connectivity index (χ1v) is 7.07. The van der Waals surface area contributed by atoms with Gasteiger partial charge in [0, 0.05) is 35.8 Å². The Balaban J connectivity index is 1.57. The number of aromatic amines is 1. The number of H-pyrrole nitrogens is 1. The topological polar surface area (TPSA) is 56.9 Å². The molecule has 104 valence electrons. The molecule has 1 aromatic carbocycles. The summed E-state index contributed by atoms with van der Waals surface area (Å²) in [6.45, 7) is 2.70. The van der Waals surface area contributed by atoms with Crippen molar-refractivity contribution in [1.29, 1.82) is 0 Å². The Bertz CT molecular complexity index is 642. The van der Waals surface area contributed by atoms with Gasteiger partial charge in [-0.2, -0.15) is 0 Å². The average Bonchev–Trinajstić information content (AvgIpc) is 2.95. The zero-order valence-corrected chi connectivity index (χ0v) is 11.4. The van der Waals surface area contributed by atoms with Crippen LogP contribution in [0.5, 0.6) is 0 Å². The number of rotatable bonds is 4. The molecule has 4 heteroatoms. The van der Waals surface area contributed by atoms with Crippen molar-refractivity contribution >= 4 is 16.8 Å². The highest BCUT2D eigenvalue weighted by Gasteiger charge is 2.07. The largest absolute Gasteiger partial charge is 0.361 e. The Morgan fingerprint density at radius 3 is 3.10 bits per heavy atom. The zero-order valence-electron chi connectivity index (χ0n) is 11.4. The zero-order chi connectivity index (χ0) is 13.8. The third-order valence-electron chi connectivity index (χ3n) is 3.71. The SMILES string of the molecule is O=C(NCCC1=CCNCC1)c1ccc2[nH]ccc2c1. The van der Waals surface area contributed by atoms with E-state index in [0.29, 0.717) is 6.54 Å². The van der Waals surface area contributed by atoms with E-state index in [9.17, 15) is 4.79 Å². The molecule has 1 aliphatic heterocycles. The van der Waals surface area contributed by atoms with E-state index in [4.69, 9.17) is 0 Å². The van der Waals surface area contributed by atoms with Gasteiger partial charge in [0.1, 0.15) is 0 Å². The summed E-state index contributed by atoms with van der Waals surface area (Å²) in [7, 11) is 0. The van der Waals surface area contributed by atoms with Crippen LogP contribution >= 0.6 is 0 Å². The summed E-state index contributed by atoms with van der Waals surface area (Å²) in [5, 5.41) is 7.35. The summed E-state index contributed by atoms with van der Waals surface area (Å²) >= 11 is 0. The van der Waals surface area contributed by atoms with Crippen molar-refractivity contribution in [1.82, 2.24) is 15.6 Å². The molecule has 20 heavy (non-hydrogen) atoms. The molecule has 0 fully saturated rings. The van der Waals surface area contributed by atoms with Gasteiger partial charge in [0.25, 0.3) is 5.91 Å². The summed E-state index contributed by atoms with van der Waals surface area (Å²) in [6, 6.07) is 7.70. The summed E-state index contributed by atoms with van der Waals surface area (Å²) in [6.07, 6.45) is 6.14. The van der Waals surface area contributed by atoms with Crippen LogP contribution in [0.2, 0.25) is 0 Å². The second-order valence-electron chi connectivity index (χ2n) is 5.10. The molecule has 0 radical (unpaired) electrons. The molecular formula is C16H19N3O. The van der Waals surface area contributed by atoms with Gasteiger partial charge in [-0.25, -0.2) is 0 Å². The van der Waals surface area contributed by atoms with Crippen molar-refractivity contribution < 1.29 is 4.79 Å². The van der Waals surface area contributed by atoms with Gasteiger partial charge in [-0.1, -0.05) is 11.6 Å². The summed E-state index contributed by atoms with van der Waals surface area (Å²) in [4.78, 5) is 15.2. The van der Waals surface area contributed by atoms with Crippen molar-refractivity contribution in [3.63, 3.8) is 0 Å². The van der Waals surface area contributed by atoms with Crippen molar-refractivity contribution in [2.75, 3.05) is 19.6 Å². The lowest BCUT2D eigenvalue weighted by Crippen LogP contribution is -2.26. The fourth-order valence-electron chi connectivity index (χ4n) is 2.53. The van der Waals surface area contributed by atoms with Crippen LogP contribution in [0.1, 0.15) is 23.2 Å². The lowest BCUT2D eigenvalue weighted by Gasteiger charge is -2.14. The van der Waals surface area contributed by atoms with E-state index in [1.165, 1.54) is 5.57 Å². The summed E-state index contributed by atoms with van der Waals surface area (Å²) in [5.41, 5.74) is 3.21. The van der Waals surface area contributed by atoms with Gasteiger partial charge in [0.05, 0.1) is 0 Å². The second kappa shape index (κ2) is 5.92. The average molecular weight is 269 g/mol. The Morgan fingerprint density at radius 2 is 2.25 bits per heavy atom. The van der Waals surface area contributed by atoms with Gasteiger partial charge in [-0.15, -0.1) is 0 Å². The van der Waals surface area contributed by atoms with E-state index >= 15 is 0 Å². The van der Waals surface area contributed by atoms with Crippen LogP contribution in [0.25, 0.3) is 10.9 Å². The molecular weight excluding hydrogens is 250 g/mol. The number of hydrogen-bond donors (Lipinski definition) is 3. The van der Waals surface area contributed by atoms with Crippen LogP contribution in [-0.2, 0) is 0 Å². The highest BCUT2D eigenvalue weighted by atomic mass is 16.1. The maximum atomic E-state index is 12.1. The van der Waals surface area contributed by atoms with E-state index in [2.05, 4.69) is 21.7 Å². The smallest absolute Gasteiger partial charge is 0.251 e. The summed E-state index contributed by atoms with van der Waals surface area (Å²) in [5.74, 6) is 0.00244. The van der Waals surface area contributed by atoms with Crippen molar-refractivity contribution in [3.8, 4) is 0 Å². The molecule has 0 unspecified atom stereocenters. The third kappa shape index (κ3) is 2.91. The maximum absolute atomic E-state index is 12.1. The van der Waals surface area contributed by atoms with E-state index in [-0.39, 0.29) is 5.91 Å². The normalized spacial score (nSPS) is 15.1. The second-order valence-corrected chi connectivity index (χ2v) is 5.10. The number of amides is 1. The Kier molecular flexibility index (Phi) is 3.83. The van der Waals surface area contributed by atoms with Gasteiger partial charge in [-0.3, -0.25) is 4.79 Å². The van der Waals surface area contributed by atoms with Gasteiger partial charge in [0.2, 0.25) is 0 Å². The van der Waals surface area contributed by atoms with Gasteiger partial charge >= 0.3 is 0 Å². The predicted octanol–water partition coefficient (Wildman–Crippen LogP) is 2.21. The maximum Gasteiger partial charge on any atom is 0.251 e. The molecule has 3 rings (SSSR count). The van der Waals surface area contributed by atoms with Crippen LogP contribution in [0.3, 0.4) is 0 Å². The molecule has 3 N–H and O–H groups in total. The standard InChI is InChI=1S/C16H19N3O/c20-16(19-9-5-12-3-7-17-8-4-12)14-1-2-15-13(11-14)6-10-18-15/h1-3,6,10-11,17-18H,4-5,7-9H2,(H,19,20). The van der Waals surface area contributed by atoms with Crippen LogP contribution in [0.4, 0.5) is 0 Å². The highest BCUT2D eigenvalue weighted by molar-refractivity contribution is 5.98. The molecule has 0 saturated heterocycles. The minimum atomic E-state index is 0.00244. The molecule has 2 aromatic rings. The Morgan fingerprint density at radius 1 is 1.30 bits per heavy atom. The van der Waals surface area contributed by atoms with Crippen LogP contribution in [-0.4, -0.2) is 30.5 Å². The van der Waals surface area contributed by atoms with Crippen molar-refractivity contribution in [2.45, 2.75) is 12.8 Å². The Labute approximate surface area is 118 Å². The van der Waals surface area contributed by atoms with Gasteiger partial charge in [-0.05, 0) is 43.7 Å². The van der Waals surface area contributed by atoms with E-state index in [1.54, 1.807) is 0 Å². The van der Waals surface area contributed by atoms with Crippen LogP contribution in [0.15, 0.2) is 42.1 Å². The molecule has 0 spiro atoms. The van der Waals surface area contributed by atoms with Crippen LogP contribution < -0.4 is 10.6 Å². The molecule has 0 bridgehead atoms. The summed E-state index contributed by atoms with van der Waals surface area (Å²) < 4.78 is 0. The minimum absolute atomic E-state index is 0.00244. The lowest BCUT2D eigenvalue weighted by atomic mass is 10.1. The van der Waals surface area contributed by atoms with Crippen molar-refractivity contribution in [2.24, 2.45) is 0 Å². The van der Waals surface area contributed by atoms with Crippen LogP contribution in [0, 0.1) is 0 Å². The molecule has 0 saturated carbocycles. The number of benzene rings is 1. The number of carbonyl (C=O) groups excluding carboxylic acids is 1. The van der Waals surface area contributed by atoms with E-state index in [1.807, 2.05) is 30.5 Å². The molecule has 1 aromatic heterocycles. The first kappa shape index (κ1) is 12.9. The number of hydrogen-bond acceptors (Lipinski definition) is 2. The molecule has 4 nitrogen and oxygen atoms in total. The Hall–Kier alpha value is -2.07. The number of carbonyl (C=O) groups is 1. The quantitative estimate of drug-likeness (QED) is 0.745. The fourth-order valence-corrected chi connectivity index (χ4v) is 2.53. The molecule has 2 heterocycles. The molecule has 1 amide bonds. The minimum Gasteiger partial charge on any atom is -0.361 e. The lowest BCUT2D eigenvalue weighted by molar-refractivity contribution is 0.0954. The highest BCUT2D eigenvalue weighted by Crippen LogP contribution is 2.14.